The maximum Gasteiger partial charge on any atom is 0.257 e. The van der Waals surface area contributed by atoms with Crippen LogP contribution >= 0.6 is 11.8 Å². The zero-order valence-corrected chi connectivity index (χ0v) is 16.8. The molecule has 1 N–H and O–H groups in total. The summed E-state index contributed by atoms with van der Waals surface area (Å²) in [6, 6.07) is 15.5. The van der Waals surface area contributed by atoms with Gasteiger partial charge in [-0.1, -0.05) is 24.3 Å². The van der Waals surface area contributed by atoms with Crippen LogP contribution in [0.25, 0.3) is 0 Å². The van der Waals surface area contributed by atoms with Gasteiger partial charge in [0.25, 0.3) is 5.91 Å². The van der Waals surface area contributed by atoms with Crippen molar-refractivity contribution in [1.82, 2.24) is 4.90 Å². The van der Waals surface area contributed by atoms with Crippen LogP contribution < -0.4 is 9.64 Å². The predicted octanol–water partition coefficient (Wildman–Crippen LogP) is 3.19. The minimum Gasteiger partial charge on any atom is -0.494 e. The highest BCUT2D eigenvalue weighted by atomic mass is 32.2. The Bertz CT molecular complexity index is 779. The molecule has 1 aliphatic rings. The molecule has 0 spiro atoms. The van der Waals surface area contributed by atoms with Crippen LogP contribution in [0.2, 0.25) is 0 Å². The number of carbonyl (C=O) groups is 1. The Morgan fingerprint density at radius 2 is 1.85 bits per heavy atom. The molecule has 1 aliphatic heterocycles. The van der Waals surface area contributed by atoms with Gasteiger partial charge in [-0.2, -0.15) is 0 Å². The second-order valence-electron chi connectivity index (χ2n) is 6.75. The SMILES string of the molecule is CCOc1ccc([C@H]2Sc3ccccc3N(CCN(C)C)C(=O)[C@H]2O)cc1. The Labute approximate surface area is 164 Å². The number of ether oxygens (including phenoxy) is 1. The highest BCUT2D eigenvalue weighted by molar-refractivity contribution is 7.99. The number of para-hydroxylation sites is 1. The van der Waals surface area contributed by atoms with Gasteiger partial charge in [0.2, 0.25) is 0 Å². The average molecular weight is 387 g/mol. The Balaban J connectivity index is 1.94. The van der Waals surface area contributed by atoms with E-state index in [1.54, 1.807) is 4.90 Å². The second-order valence-corrected chi connectivity index (χ2v) is 7.93. The monoisotopic (exact) mass is 386 g/mol. The molecule has 2 aromatic carbocycles. The maximum absolute atomic E-state index is 13.1. The fraction of sp³-hybridized carbons (Fsp3) is 0.381. The number of amides is 1. The van der Waals surface area contributed by atoms with Crippen molar-refractivity contribution in [3.63, 3.8) is 0 Å². The number of aliphatic hydroxyl groups excluding tert-OH is 1. The predicted molar refractivity (Wildman–Crippen MR) is 110 cm³/mol. The van der Waals surface area contributed by atoms with Crippen LogP contribution in [0.4, 0.5) is 5.69 Å². The number of rotatable bonds is 6. The lowest BCUT2D eigenvalue weighted by Gasteiger charge is -2.26. The largest absolute Gasteiger partial charge is 0.494 e. The van der Waals surface area contributed by atoms with Gasteiger partial charge in [0.15, 0.2) is 0 Å². The lowest BCUT2D eigenvalue weighted by Crippen LogP contribution is -2.43. The van der Waals surface area contributed by atoms with Crippen LogP contribution in [0.15, 0.2) is 53.4 Å². The van der Waals surface area contributed by atoms with Gasteiger partial charge in [-0.05, 0) is 50.8 Å². The number of hydrogen-bond acceptors (Lipinski definition) is 5. The summed E-state index contributed by atoms with van der Waals surface area (Å²) in [6.45, 7) is 3.81. The first kappa shape index (κ1) is 19.7. The Morgan fingerprint density at radius 3 is 2.52 bits per heavy atom. The number of fused-ring (bicyclic) bond motifs is 1. The molecule has 0 radical (unpaired) electrons. The van der Waals surface area contributed by atoms with E-state index in [1.807, 2.05) is 74.4 Å². The molecule has 0 bridgehead atoms. The average Bonchev–Trinajstić information content (AvgIpc) is 2.77. The molecular weight excluding hydrogens is 360 g/mol. The summed E-state index contributed by atoms with van der Waals surface area (Å²) >= 11 is 1.53. The van der Waals surface area contributed by atoms with Gasteiger partial charge in [-0.25, -0.2) is 0 Å². The first-order valence-corrected chi connectivity index (χ1v) is 10.0. The number of likely N-dealkylation sites (N-methyl/N-ethyl adjacent to an activating group) is 1. The summed E-state index contributed by atoms with van der Waals surface area (Å²) < 4.78 is 5.50. The van der Waals surface area contributed by atoms with Gasteiger partial charge in [-0.15, -0.1) is 11.8 Å². The van der Waals surface area contributed by atoms with E-state index in [0.717, 1.165) is 28.4 Å². The van der Waals surface area contributed by atoms with E-state index in [0.29, 0.717) is 13.2 Å². The smallest absolute Gasteiger partial charge is 0.257 e. The Morgan fingerprint density at radius 1 is 1.15 bits per heavy atom. The Kier molecular flexibility index (Phi) is 6.42. The van der Waals surface area contributed by atoms with E-state index in [-0.39, 0.29) is 11.2 Å². The van der Waals surface area contributed by atoms with Crippen molar-refractivity contribution in [3.05, 3.63) is 54.1 Å². The molecule has 2 atom stereocenters. The third kappa shape index (κ3) is 4.46. The van der Waals surface area contributed by atoms with Crippen molar-refractivity contribution in [2.75, 3.05) is 38.7 Å². The van der Waals surface area contributed by atoms with Crippen LogP contribution in [0.1, 0.15) is 17.7 Å². The summed E-state index contributed by atoms with van der Waals surface area (Å²) in [6.07, 6.45) is -1.11. The summed E-state index contributed by atoms with van der Waals surface area (Å²) in [5.74, 6) is 0.530. The number of thioether (sulfide) groups is 1. The molecule has 6 heteroatoms. The van der Waals surface area contributed by atoms with Gasteiger partial charge in [0.05, 0.1) is 17.5 Å². The zero-order valence-electron chi connectivity index (χ0n) is 16.0. The van der Waals surface area contributed by atoms with Crippen LogP contribution in [0.5, 0.6) is 5.75 Å². The van der Waals surface area contributed by atoms with Crippen LogP contribution in [0, 0.1) is 0 Å². The topological polar surface area (TPSA) is 53.0 Å². The van der Waals surface area contributed by atoms with Gasteiger partial charge in [0.1, 0.15) is 11.9 Å². The highest BCUT2D eigenvalue weighted by Crippen LogP contribution is 2.45. The standard InChI is InChI=1S/C21H26N2O3S/c1-4-26-16-11-9-15(10-12-16)20-19(24)21(25)23(14-13-22(2)3)17-7-5-6-8-18(17)27-20/h5-12,19-20,24H,4,13-14H2,1-3H3/t19-,20+/m0/s1. The van der Waals surface area contributed by atoms with Gasteiger partial charge >= 0.3 is 0 Å². The molecule has 0 fully saturated rings. The number of aliphatic hydroxyl groups is 1. The molecule has 0 aliphatic carbocycles. The Hall–Kier alpha value is -2.02. The van der Waals surface area contributed by atoms with E-state index in [9.17, 15) is 9.90 Å². The maximum atomic E-state index is 13.1. The van der Waals surface area contributed by atoms with Crippen molar-refractivity contribution in [2.24, 2.45) is 0 Å². The summed E-state index contributed by atoms with van der Waals surface area (Å²) in [5, 5.41) is 10.5. The molecule has 0 aromatic heterocycles. The second kappa shape index (κ2) is 8.78. The molecule has 144 valence electrons. The molecule has 0 saturated carbocycles. The van der Waals surface area contributed by atoms with Gasteiger partial charge in [0, 0.05) is 18.0 Å². The van der Waals surface area contributed by atoms with Crippen molar-refractivity contribution >= 4 is 23.4 Å². The fourth-order valence-electron chi connectivity index (χ4n) is 3.09. The zero-order chi connectivity index (χ0) is 19.4. The molecular formula is C21H26N2O3S. The number of carbonyl (C=O) groups excluding carboxylic acids is 1. The van der Waals surface area contributed by atoms with E-state index in [2.05, 4.69) is 0 Å². The van der Waals surface area contributed by atoms with Crippen LogP contribution in [-0.4, -0.2) is 55.8 Å². The number of benzene rings is 2. The third-order valence-electron chi connectivity index (χ3n) is 4.51. The lowest BCUT2D eigenvalue weighted by molar-refractivity contribution is -0.126. The minimum atomic E-state index is -1.11. The fourth-order valence-corrected chi connectivity index (χ4v) is 4.36. The van der Waals surface area contributed by atoms with Crippen molar-refractivity contribution in [1.29, 1.82) is 0 Å². The van der Waals surface area contributed by atoms with Crippen molar-refractivity contribution < 1.29 is 14.6 Å². The number of hydrogen-bond donors (Lipinski definition) is 1. The normalized spacial score (nSPS) is 19.7. The molecule has 1 amide bonds. The van der Waals surface area contributed by atoms with E-state index < -0.39 is 6.10 Å². The van der Waals surface area contributed by atoms with Crippen LogP contribution in [-0.2, 0) is 4.79 Å². The molecule has 3 rings (SSSR count). The molecule has 0 saturated heterocycles. The summed E-state index contributed by atoms with van der Waals surface area (Å²) in [5.41, 5.74) is 1.77. The number of nitrogens with zero attached hydrogens (tertiary/aromatic N) is 2. The van der Waals surface area contributed by atoms with Crippen molar-refractivity contribution in [3.8, 4) is 5.75 Å². The lowest BCUT2D eigenvalue weighted by atomic mass is 10.1. The molecule has 27 heavy (non-hydrogen) atoms. The summed E-state index contributed by atoms with van der Waals surface area (Å²) in [4.78, 5) is 17.8. The van der Waals surface area contributed by atoms with E-state index >= 15 is 0 Å². The molecule has 2 aromatic rings. The summed E-state index contributed by atoms with van der Waals surface area (Å²) in [7, 11) is 3.95. The van der Waals surface area contributed by atoms with E-state index in [4.69, 9.17) is 4.74 Å². The molecule has 0 unspecified atom stereocenters. The highest BCUT2D eigenvalue weighted by Gasteiger charge is 2.37. The third-order valence-corrected chi connectivity index (χ3v) is 5.89. The van der Waals surface area contributed by atoms with E-state index in [1.165, 1.54) is 11.8 Å². The first-order chi connectivity index (χ1) is 13.0. The van der Waals surface area contributed by atoms with Gasteiger partial charge < -0.3 is 19.6 Å². The molecule has 5 nitrogen and oxygen atoms in total. The minimum absolute atomic E-state index is 0.256. The quantitative estimate of drug-likeness (QED) is 0.826. The van der Waals surface area contributed by atoms with Gasteiger partial charge in [-0.3, -0.25) is 4.79 Å². The van der Waals surface area contributed by atoms with Crippen LogP contribution in [0.3, 0.4) is 0 Å². The number of anilines is 1. The van der Waals surface area contributed by atoms with Crippen molar-refractivity contribution in [2.45, 2.75) is 23.2 Å². The first-order valence-electron chi connectivity index (χ1n) is 9.14. The molecule has 1 heterocycles.